The van der Waals surface area contributed by atoms with Crippen LogP contribution in [0.25, 0.3) is 10.2 Å². The molecule has 0 aliphatic heterocycles. The molecule has 2 aromatic rings. The second-order valence-corrected chi connectivity index (χ2v) is 6.07. The molecule has 1 aliphatic carbocycles. The van der Waals surface area contributed by atoms with Crippen molar-refractivity contribution in [3.8, 4) is 6.07 Å². The number of benzene rings is 1. The van der Waals surface area contributed by atoms with Crippen LogP contribution in [-0.4, -0.2) is 4.98 Å². The Morgan fingerprint density at radius 3 is 2.76 bits per heavy atom. The normalized spacial score (nSPS) is 15.4. The molecule has 1 fully saturated rings. The van der Waals surface area contributed by atoms with E-state index in [1.165, 1.54) is 28.1 Å². The number of nitriles is 1. The van der Waals surface area contributed by atoms with Crippen LogP contribution in [0.3, 0.4) is 0 Å². The Labute approximate surface area is 105 Å². The lowest BCUT2D eigenvalue weighted by molar-refractivity contribution is 0.856. The van der Waals surface area contributed by atoms with Crippen molar-refractivity contribution >= 4 is 21.6 Å². The first-order valence-electron chi connectivity index (χ1n) is 6.03. The van der Waals surface area contributed by atoms with E-state index in [2.05, 4.69) is 19.9 Å². The lowest BCUT2D eigenvalue weighted by Crippen LogP contribution is -1.87. The van der Waals surface area contributed by atoms with E-state index in [-0.39, 0.29) is 0 Å². The summed E-state index contributed by atoms with van der Waals surface area (Å²) in [7, 11) is 0. The standard InChI is InChI=1S/C14H14N2S/c1-8(2)14-16-13-11(10-3-4-10)5-9(7-15)6-12(13)17-14/h5-6,8,10H,3-4H2,1-2H3. The molecule has 17 heavy (non-hydrogen) atoms. The Kier molecular flexibility index (Phi) is 2.41. The van der Waals surface area contributed by atoms with E-state index in [1.54, 1.807) is 11.3 Å². The monoisotopic (exact) mass is 242 g/mol. The summed E-state index contributed by atoms with van der Waals surface area (Å²) in [5.41, 5.74) is 3.21. The van der Waals surface area contributed by atoms with E-state index in [4.69, 9.17) is 10.2 Å². The molecular formula is C14H14N2S. The van der Waals surface area contributed by atoms with Crippen LogP contribution in [0.15, 0.2) is 12.1 Å². The first-order valence-corrected chi connectivity index (χ1v) is 6.85. The molecule has 1 aliphatic rings. The molecule has 1 aromatic carbocycles. The Morgan fingerprint density at radius 1 is 1.41 bits per heavy atom. The third-order valence-corrected chi connectivity index (χ3v) is 4.48. The zero-order valence-corrected chi connectivity index (χ0v) is 10.8. The van der Waals surface area contributed by atoms with Crippen LogP contribution in [0, 0.1) is 11.3 Å². The number of thiazole rings is 1. The number of rotatable bonds is 2. The van der Waals surface area contributed by atoms with Gasteiger partial charge in [0.15, 0.2) is 0 Å². The van der Waals surface area contributed by atoms with Crippen molar-refractivity contribution in [1.29, 1.82) is 5.26 Å². The van der Waals surface area contributed by atoms with Gasteiger partial charge in [0.05, 0.1) is 26.9 Å². The van der Waals surface area contributed by atoms with Gasteiger partial charge in [0.2, 0.25) is 0 Å². The van der Waals surface area contributed by atoms with E-state index in [0.717, 1.165) is 11.1 Å². The fraction of sp³-hybridized carbons (Fsp3) is 0.429. The fourth-order valence-electron chi connectivity index (χ4n) is 2.09. The van der Waals surface area contributed by atoms with Crippen LogP contribution in [0.1, 0.15) is 54.7 Å². The van der Waals surface area contributed by atoms with Crippen LogP contribution >= 0.6 is 11.3 Å². The van der Waals surface area contributed by atoms with Gasteiger partial charge in [-0.05, 0) is 36.5 Å². The van der Waals surface area contributed by atoms with Crippen LogP contribution < -0.4 is 0 Å². The highest BCUT2D eigenvalue weighted by atomic mass is 32.1. The first kappa shape index (κ1) is 10.7. The van der Waals surface area contributed by atoms with Gasteiger partial charge in [-0.1, -0.05) is 13.8 Å². The molecule has 0 atom stereocenters. The Balaban J connectivity index is 2.25. The van der Waals surface area contributed by atoms with Crippen LogP contribution in [0.4, 0.5) is 0 Å². The Hall–Kier alpha value is -1.40. The third kappa shape index (κ3) is 1.83. The maximum Gasteiger partial charge on any atom is 0.0992 e. The van der Waals surface area contributed by atoms with Gasteiger partial charge in [-0.2, -0.15) is 5.26 Å². The lowest BCUT2D eigenvalue weighted by atomic mass is 10.1. The zero-order chi connectivity index (χ0) is 12.0. The van der Waals surface area contributed by atoms with E-state index < -0.39 is 0 Å². The largest absolute Gasteiger partial charge is 0.241 e. The molecule has 0 unspecified atom stereocenters. The number of fused-ring (bicyclic) bond motifs is 1. The quantitative estimate of drug-likeness (QED) is 0.792. The summed E-state index contributed by atoms with van der Waals surface area (Å²) in [5.74, 6) is 1.11. The molecule has 0 amide bonds. The summed E-state index contributed by atoms with van der Waals surface area (Å²) in [6, 6.07) is 6.27. The molecule has 0 bridgehead atoms. The molecule has 86 valence electrons. The van der Waals surface area contributed by atoms with Gasteiger partial charge in [-0.3, -0.25) is 0 Å². The van der Waals surface area contributed by atoms with Crippen LogP contribution in [0.2, 0.25) is 0 Å². The van der Waals surface area contributed by atoms with Crippen molar-refractivity contribution in [2.45, 2.75) is 38.5 Å². The number of hydrogen-bond donors (Lipinski definition) is 0. The van der Waals surface area contributed by atoms with Crippen molar-refractivity contribution in [2.75, 3.05) is 0 Å². The maximum atomic E-state index is 9.07. The molecule has 0 spiro atoms. The van der Waals surface area contributed by atoms with Crippen molar-refractivity contribution in [1.82, 2.24) is 4.98 Å². The topological polar surface area (TPSA) is 36.7 Å². The second kappa shape index (κ2) is 3.82. The van der Waals surface area contributed by atoms with Crippen LogP contribution in [-0.2, 0) is 0 Å². The summed E-state index contributed by atoms with van der Waals surface area (Å²) in [6.45, 7) is 4.33. The molecule has 1 heterocycles. The highest BCUT2D eigenvalue weighted by Crippen LogP contribution is 2.44. The van der Waals surface area contributed by atoms with Gasteiger partial charge in [0, 0.05) is 5.92 Å². The first-order chi connectivity index (χ1) is 8.19. The predicted molar refractivity (Wildman–Crippen MR) is 70.4 cm³/mol. The highest BCUT2D eigenvalue weighted by molar-refractivity contribution is 7.18. The minimum absolute atomic E-state index is 0.463. The van der Waals surface area contributed by atoms with Gasteiger partial charge in [-0.25, -0.2) is 4.98 Å². The Bertz CT molecular complexity index is 615. The van der Waals surface area contributed by atoms with E-state index in [0.29, 0.717) is 11.8 Å². The Morgan fingerprint density at radius 2 is 2.18 bits per heavy atom. The summed E-state index contributed by atoms with van der Waals surface area (Å²) < 4.78 is 1.18. The van der Waals surface area contributed by atoms with E-state index in [1.807, 2.05) is 12.1 Å². The average Bonchev–Trinajstić information content (AvgIpc) is 3.06. The molecule has 1 saturated carbocycles. The van der Waals surface area contributed by atoms with Crippen LogP contribution in [0.5, 0.6) is 0 Å². The predicted octanol–water partition coefficient (Wildman–Crippen LogP) is 4.17. The number of nitrogens with zero attached hydrogens (tertiary/aromatic N) is 2. The van der Waals surface area contributed by atoms with Gasteiger partial charge in [0.1, 0.15) is 0 Å². The third-order valence-electron chi connectivity index (χ3n) is 3.18. The highest BCUT2D eigenvalue weighted by Gasteiger charge is 2.27. The molecule has 0 N–H and O–H groups in total. The molecular weight excluding hydrogens is 228 g/mol. The minimum atomic E-state index is 0.463. The average molecular weight is 242 g/mol. The number of hydrogen-bond acceptors (Lipinski definition) is 3. The van der Waals surface area contributed by atoms with Crippen molar-refractivity contribution in [3.05, 3.63) is 28.3 Å². The van der Waals surface area contributed by atoms with Gasteiger partial charge in [0.25, 0.3) is 0 Å². The molecule has 2 nitrogen and oxygen atoms in total. The molecule has 3 rings (SSSR count). The van der Waals surface area contributed by atoms with Crippen molar-refractivity contribution in [2.24, 2.45) is 0 Å². The fourth-order valence-corrected chi connectivity index (χ4v) is 3.13. The summed E-state index contributed by atoms with van der Waals surface area (Å²) in [4.78, 5) is 4.76. The summed E-state index contributed by atoms with van der Waals surface area (Å²) in [5, 5.41) is 10.3. The van der Waals surface area contributed by atoms with Crippen molar-refractivity contribution in [3.63, 3.8) is 0 Å². The minimum Gasteiger partial charge on any atom is -0.241 e. The number of aromatic nitrogens is 1. The second-order valence-electron chi connectivity index (χ2n) is 5.01. The molecule has 1 aromatic heterocycles. The smallest absolute Gasteiger partial charge is 0.0992 e. The van der Waals surface area contributed by atoms with Crippen molar-refractivity contribution < 1.29 is 0 Å². The molecule has 0 saturated heterocycles. The zero-order valence-electron chi connectivity index (χ0n) is 10.0. The molecule has 0 radical (unpaired) electrons. The SMILES string of the molecule is CC(C)c1nc2c(C3CC3)cc(C#N)cc2s1. The molecule has 3 heteroatoms. The maximum absolute atomic E-state index is 9.07. The summed E-state index contributed by atoms with van der Waals surface area (Å²) >= 11 is 1.73. The lowest BCUT2D eigenvalue weighted by Gasteiger charge is -2.00. The van der Waals surface area contributed by atoms with Gasteiger partial charge < -0.3 is 0 Å². The van der Waals surface area contributed by atoms with E-state index >= 15 is 0 Å². The van der Waals surface area contributed by atoms with Gasteiger partial charge >= 0.3 is 0 Å². The van der Waals surface area contributed by atoms with Gasteiger partial charge in [-0.15, -0.1) is 11.3 Å². The van der Waals surface area contributed by atoms with E-state index in [9.17, 15) is 0 Å². The summed E-state index contributed by atoms with van der Waals surface area (Å²) in [6.07, 6.45) is 2.50.